The summed E-state index contributed by atoms with van der Waals surface area (Å²) < 4.78 is 7.25. The van der Waals surface area contributed by atoms with E-state index in [4.69, 9.17) is 4.74 Å². The van der Waals surface area contributed by atoms with E-state index in [0.29, 0.717) is 5.69 Å². The molecule has 5 heteroatoms. The average molecular weight is 308 g/mol. The normalized spacial score (nSPS) is 12.6. The Bertz CT molecular complexity index is 336. The van der Waals surface area contributed by atoms with Gasteiger partial charge in [0.05, 0.1) is 16.9 Å². The summed E-state index contributed by atoms with van der Waals surface area (Å²) in [7, 11) is 1.38. The zero-order valence-electron chi connectivity index (χ0n) is 8.45. The van der Waals surface area contributed by atoms with Gasteiger partial charge in [0, 0.05) is 6.04 Å². The van der Waals surface area contributed by atoms with Gasteiger partial charge >= 0.3 is 5.97 Å². The smallest absolute Gasteiger partial charge is 0.357 e. The molecular formula is C9H13IN2O2. The molecule has 1 aromatic heterocycles. The van der Waals surface area contributed by atoms with Gasteiger partial charge in [0.1, 0.15) is 0 Å². The number of carbonyl (C=O) groups excluding carboxylic acids is 1. The zero-order chi connectivity index (χ0) is 10.7. The van der Waals surface area contributed by atoms with Crippen LogP contribution in [0.3, 0.4) is 0 Å². The number of hydrogen-bond donors (Lipinski definition) is 0. The number of aromatic nitrogens is 2. The molecule has 0 fully saturated rings. The minimum Gasteiger partial charge on any atom is -0.464 e. The number of ether oxygens (including phenoxy) is 1. The van der Waals surface area contributed by atoms with Crippen LogP contribution in [0.25, 0.3) is 0 Å². The van der Waals surface area contributed by atoms with E-state index in [1.54, 1.807) is 10.9 Å². The number of rotatable bonds is 3. The summed E-state index contributed by atoms with van der Waals surface area (Å²) >= 11 is 2.09. The summed E-state index contributed by atoms with van der Waals surface area (Å²) in [5, 5.41) is 4.16. The Morgan fingerprint density at radius 3 is 2.93 bits per heavy atom. The summed E-state index contributed by atoms with van der Waals surface area (Å²) in [6.07, 6.45) is 2.61. The van der Waals surface area contributed by atoms with Crippen LogP contribution < -0.4 is 0 Å². The Morgan fingerprint density at radius 1 is 1.79 bits per heavy atom. The van der Waals surface area contributed by atoms with Gasteiger partial charge in [0.15, 0.2) is 5.69 Å². The molecule has 1 heterocycles. The molecule has 0 saturated carbocycles. The Balaban J connectivity index is 3.12. The Kier molecular flexibility index (Phi) is 3.91. The minimum absolute atomic E-state index is 0.215. The number of nitrogens with zero attached hydrogens (tertiary/aromatic N) is 2. The third kappa shape index (κ3) is 2.08. The molecule has 0 aliphatic rings. The summed E-state index contributed by atoms with van der Waals surface area (Å²) in [5.74, 6) is -0.327. The Labute approximate surface area is 96.8 Å². The van der Waals surface area contributed by atoms with Crippen LogP contribution in [-0.2, 0) is 4.74 Å². The lowest BCUT2D eigenvalue weighted by atomic mass is 10.2. The van der Waals surface area contributed by atoms with Crippen LogP contribution in [0.15, 0.2) is 6.20 Å². The lowest BCUT2D eigenvalue weighted by Gasteiger charge is -2.12. The van der Waals surface area contributed by atoms with E-state index < -0.39 is 0 Å². The predicted molar refractivity (Wildman–Crippen MR) is 61.3 cm³/mol. The number of esters is 1. The zero-order valence-corrected chi connectivity index (χ0v) is 10.6. The third-order valence-corrected chi connectivity index (χ3v) is 2.93. The molecule has 0 unspecified atom stereocenters. The van der Waals surface area contributed by atoms with E-state index in [-0.39, 0.29) is 12.0 Å². The van der Waals surface area contributed by atoms with Crippen molar-refractivity contribution in [1.82, 2.24) is 9.78 Å². The molecule has 1 atom stereocenters. The molecule has 1 rings (SSSR count). The fraction of sp³-hybridized carbons (Fsp3) is 0.556. The Hall–Kier alpha value is -0.590. The second-order valence-corrected chi connectivity index (χ2v) is 4.20. The number of halogens is 1. The molecule has 14 heavy (non-hydrogen) atoms. The van der Waals surface area contributed by atoms with Crippen molar-refractivity contribution in [3.05, 3.63) is 15.5 Å². The molecule has 0 N–H and O–H groups in total. The summed E-state index contributed by atoms with van der Waals surface area (Å²) in [6, 6.07) is 0.215. The second kappa shape index (κ2) is 4.77. The first-order chi connectivity index (χ1) is 6.61. The van der Waals surface area contributed by atoms with Gasteiger partial charge in [-0.25, -0.2) is 4.79 Å². The fourth-order valence-corrected chi connectivity index (χ4v) is 1.73. The van der Waals surface area contributed by atoms with Gasteiger partial charge in [-0.05, 0) is 35.9 Å². The van der Waals surface area contributed by atoms with Gasteiger partial charge in [-0.1, -0.05) is 6.92 Å². The van der Waals surface area contributed by atoms with Crippen LogP contribution in [0.5, 0.6) is 0 Å². The van der Waals surface area contributed by atoms with Crippen LogP contribution in [0, 0.1) is 3.57 Å². The molecule has 0 aliphatic heterocycles. The van der Waals surface area contributed by atoms with E-state index in [9.17, 15) is 4.79 Å². The van der Waals surface area contributed by atoms with E-state index in [0.717, 1.165) is 9.99 Å². The van der Waals surface area contributed by atoms with Crippen molar-refractivity contribution in [1.29, 1.82) is 0 Å². The largest absolute Gasteiger partial charge is 0.464 e. The minimum atomic E-state index is -0.327. The first kappa shape index (κ1) is 11.5. The van der Waals surface area contributed by atoms with E-state index in [1.807, 2.05) is 6.92 Å². The number of hydrogen-bond acceptors (Lipinski definition) is 3. The van der Waals surface area contributed by atoms with Gasteiger partial charge in [-0.15, -0.1) is 0 Å². The van der Waals surface area contributed by atoms with Crippen molar-refractivity contribution < 1.29 is 9.53 Å². The first-order valence-corrected chi connectivity index (χ1v) is 5.51. The monoisotopic (exact) mass is 308 g/mol. The van der Waals surface area contributed by atoms with Gasteiger partial charge in [-0.3, -0.25) is 4.68 Å². The van der Waals surface area contributed by atoms with Gasteiger partial charge in [0.25, 0.3) is 0 Å². The second-order valence-electron chi connectivity index (χ2n) is 3.03. The molecule has 0 saturated heterocycles. The molecule has 4 nitrogen and oxygen atoms in total. The van der Waals surface area contributed by atoms with E-state index in [1.165, 1.54) is 7.11 Å². The van der Waals surface area contributed by atoms with Crippen LogP contribution in [0.4, 0.5) is 0 Å². The predicted octanol–water partition coefficient (Wildman–Crippen LogP) is 2.25. The highest BCUT2D eigenvalue weighted by molar-refractivity contribution is 14.1. The highest BCUT2D eigenvalue weighted by Gasteiger charge is 2.19. The average Bonchev–Trinajstić information content (AvgIpc) is 2.58. The standard InChI is InChI=1S/C9H13IN2O2/c1-4-6(2)12-8(9(13)14-3)7(10)5-11-12/h5-6H,4H2,1-3H3/t6-/m1/s1. The highest BCUT2D eigenvalue weighted by atomic mass is 127. The van der Waals surface area contributed by atoms with Crippen molar-refractivity contribution in [3.8, 4) is 0 Å². The maximum Gasteiger partial charge on any atom is 0.357 e. The lowest BCUT2D eigenvalue weighted by Crippen LogP contribution is -2.16. The van der Waals surface area contributed by atoms with Crippen molar-refractivity contribution in [3.63, 3.8) is 0 Å². The summed E-state index contributed by atoms with van der Waals surface area (Å²) in [4.78, 5) is 11.4. The van der Waals surface area contributed by atoms with Crippen molar-refractivity contribution >= 4 is 28.6 Å². The third-order valence-electron chi connectivity index (χ3n) is 2.14. The highest BCUT2D eigenvalue weighted by Crippen LogP contribution is 2.18. The van der Waals surface area contributed by atoms with Gasteiger partial charge in [-0.2, -0.15) is 5.10 Å². The van der Waals surface area contributed by atoms with Crippen LogP contribution in [0.2, 0.25) is 0 Å². The van der Waals surface area contributed by atoms with Gasteiger partial charge in [0.2, 0.25) is 0 Å². The molecule has 78 valence electrons. The molecular weight excluding hydrogens is 295 g/mol. The number of methoxy groups -OCH3 is 1. The molecule has 0 radical (unpaired) electrons. The van der Waals surface area contributed by atoms with E-state index >= 15 is 0 Å². The molecule has 1 aromatic rings. The van der Waals surface area contributed by atoms with Crippen molar-refractivity contribution in [2.45, 2.75) is 26.3 Å². The topological polar surface area (TPSA) is 44.1 Å². The fourth-order valence-electron chi connectivity index (χ4n) is 1.14. The maximum absolute atomic E-state index is 11.4. The SMILES string of the molecule is CC[C@@H](C)n1ncc(I)c1C(=O)OC. The Morgan fingerprint density at radius 2 is 2.43 bits per heavy atom. The summed E-state index contributed by atoms with van der Waals surface area (Å²) in [5.41, 5.74) is 0.544. The van der Waals surface area contributed by atoms with Gasteiger partial charge < -0.3 is 4.74 Å². The molecule has 0 aliphatic carbocycles. The van der Waals surface area contributed by atoms with Crippen molar-refractivity contribution in [2.24, 2.45) is 0 Å². The lowest BCUT2D eigenvalue weighted by molar-refractivity contribution is 0.0582. The van der Waals surface area contributed by atoms with Crippen LogP contribution in [-0.4, -0.2) is 22.9 Å². The molecule has 0 spiro atoms. The molecule has 0 amide bonds. The first-order valence-electron chi connectivity index (χ1n) is 4.43. The summed E-state index contributed by atoms with van der Waals surface area (Å²) in [6.45, 7) is 4.08. The van der Waals surface area contributed by atoms with Crippen molar-refractivity contribution in [2.75, 3.05) is 7.11 Å². The van der Waals surface area contributed by atoms with Crippen LogP contribution >= 0.6 is 22.6 Å². The maximum atomic E-state index is 11.4. The van der Waals surface area contributed by atoms with Crippen LogP contribution in [0.1, 0.15) is 36.8 Å². The van der Waals surface area contributed by atoms with E-state index in [2.05, 4.69) is 34.6 Å². The quantitative estimate of drug-likeness (QED) is 0.635. The molecule has 0 bridgehead atoms. The number of carbonyl (C=O) groups is 1. The molecule has 0 aromatic carbocycles.